The fraction of sp³-hybridized carbons (Fsp3) is 0.0667. The van der Waals surface area contributed by atoms with Crippen molar-refractivity contribution in [3.8, 4) is 11.1 Å². The number of nitrogens with one attached hydrogen (secondary N) is 3. The Labute approximate surface area is 134 Å². The molecular formula is C15H17N5O2S. The maximum Gasteiger partial charge on any atom is 0.238 e. The molecule has 0 spiro atoms. The Morgan fingerprint density at radius 3 is 2.48 bits per heavy atom. The van der Waals surface area contributed by atoms with Gasteiger partial charge < -0.3 is 16.5 Å². The summed E-state index contributed by atoms with van der Waals surface area (Å²) in [6.07, 6.45) is 1.19. The molecule has 8 heteroatoms. The van der Waals surface area contributed by atoms with E-state index in [1.807, 2.05) is 0 Å². The first-order valence-electron chi connectivity index (χ1n) is 6.62. The molecule has 2 aromatic carbocycles. The largest absolute Gasteiger partial charge is 0.388 e. The normalized spacial score (nSPS) is 11.0. The van der Waals surface area contributed by atoms with Crippen LogP contribution in [-0.4, -0.2) is 27.5 Å². The van der Waals surface area contributed by atoms with Crippen molar-refractivity contribution in [2.75, 3.05) is 12.4 Å². The molecule has 23 heavy (non-hydrogen) atoms. The van der Waals surface area contributed by atoms with E-state index in [1.54, 1.807) is 31.3 Å². The van der Waals surface area contributed by atoms with Crippen molar-refractivity contribution < 1.29 is 8.42 Å². The Morgan fingerprint density at radius 1 is 1.26 bits per heavy atom. The van der Waals surface area contributed by atoms with Crippen molar-refractivity contribution in [2.24, 2.45) is 10.9 Å². The SMILES string of the molecule is CNc1ccc(-c2cccc(S(N)(=O)=O)c2C(=N)N)cc1C=N. The maximum absolute atomic E-state index is 11.7. The molecule has 2 aromatic rings. The highest BCUT2D eigenvalue weighted by Gasteiger charge is 2.20. The Morgan fingerprint density at radius 2 is 1.96 bits per heavy atom. The van der Waals surface area contributed by atoms with Gasteiger partial charge in [-0.1, -0.05) is 18.2 Å². The first-order chi connectivity index (χ1) is 10.8. The molecule has 0 atom stereocenters. The predicted octanol–water partition coefficient (Wildman–Crippen LogP) is 1.32. The van der Waals surface area contributed by atoms with Gasteiger partial charge in [0, 0.05) is 30.1 Å². The number of hydrogen-bond donors (Lipinski definition) is 5. The standard InChI is InChI=1S/C15H17N5O2S/c1-20-12-6-5-9(7-10(12)8-16)11-3-2-4-13(23(19,21)22)14(11)15(17)18/h2-8,16,20H,1H3,(H3,17,18)(H2,19,21,22). The van der Waals surface area contributed by atoms with E-state index in [-0.39, 0.29) is 10.5 Å². The Balaban J connectivity index is 2.79. The molecule has 0 aliphatic rings. The number of anilines is 1. The molecule has 0 heterocycles. The number of sulfonamides is 1. The third-order valence-electron chi connectivity index (χ3n) is 3.39. The third-order valence-corrected chi connectivity index (χ3v) is 4.34. The van der Waals surface area contributed by atoms with E-state index in [9.17, 15) is 8.42 Å². The summed E-state index contributed by atoms with van der Waals surface area (Å²) in [7, 11) is -2.27. The van der Waals surface area contributed by atoms with E-state index in [4.69, 9.17) is 21.7 Å². The average Bonchev–Trinajstić information content (AvgIpc) is 2.52. The fourth-order valence-electron chi connectivity index (χ4n) is 2.36. The fourth-order valence-corrected chi connectivity index (χ4v) is 3.14. The smallest absolute Gasteiger partial charge is 0.238 e. The van der Waals surface area contributed by atoms with Crippen LogP contribution in [0.5, 0.6) is 0 Å². The van der Waals surface area contributed by atoms with Crippen molar-refractivity contribution in [3.63, 3.8) is 0 Å². The molecule has 0 radical (unpaired) electrons. The van der Waals surface area contributed by atoms with Crippen LogP contribution in [-0.2, 0) is 10.0 Å². The Kier molecular flexibility index (Phi) is 4.48. The van der Waals surface area contributed by atoms with E-state index in [0.29, 0.717) is 16.7 Å². The van der Waals surface area contributed by atoms with Crippen LogP contribution in [0.3, 0.4) is 0 Å². The minimum absolute atomic E-state index is 0.0585. The van der Waals surface area contributed by atoms with Gasteiger partial charge in [-0.3, -0.25) is 5.41 Å². The molecule has 7 nitrogen and oxygen atoms in total. The second-order valence-corrected chi connectivity index (χ2v) is 6.36. The Hall–Kier alpha value is -2.71. The first-order valence-corrected chi connectivity index (χ1v) is 8.17. The summed E-state index contributed by atoms with van der Waals surface area (Å²) in [5, 5.41) is 23.4. The summed E-state index contributed by atoms with van der Waals surface area (Å²) in [6, 6.07) is 9.75. The number of nitrogen functional groups attached to an aromatic ring is 1. The summed E-state index contributed by atoms with van der Waals surface area (Å²) in [5.74, 6) is -0.390. The molecule has 0 fully saturated rings. The molecule has 7 N–H and O–H groups in total. The lowest BCUT2D eigenvalue weighted by Gasteiger charge is -2.14. The summed E-state index contributed by atoms with van der Waals surface area (Å²) in [4.78, 5) is -0.198. The van der Waals surface area contributed by atoms with Crippen LogP contribution >= 0.6 is 0 Å². The molecule has 0 unspecified atom stereocenters. The summed E-state index contributed by atoms with van der Waals surface area (Å²) >= 11 is 0. The average molecular weight is 331 g/mol. The monoisotopic (exact) mass is 331 g/mol. The van der Waals surface area contributed by atoms with Crippen molar-refractivity contribution in [1.29, 1.82) is 10.8 Å². The van der Waals surface area contributed by atoms with Gasteiger partial charge >= 0.3 is 0 Å². The van der Waals surface area contributed by atoms with Gasteiger partial charge in [0.1, 0.15) is 5.84 Å². The lowest BCUT2D eigenvalue weighted by molar-refractivity contribution is 0.597. The predicted molar refractivity (Wildman–Crippen MR) is 91.7 cm³/mol. The summed E-state index contributed by atoms with van der Waals surface area (Å²) in [5.41, 5.74) is 8.13. The third kappa shape index (κ3) is 3.22. The van der Waals surface area contributed by atoms with Crippen molar-refractivity contribution in [2.45, 2.75) is 4.90 Å². The molecule has 0 aliphatic heterocycles. The van der Waals surface area contributed by atoms with Crippen molar-refractivity contribution in [3.05, 3.63) is 47.5 Å². The molecule has 120 valence electrons. The minimum atomic E-state index is -4.02. The highest BCUT2D eigenvalue weighted by molar-refractivity contribution is 7.89. The quantitative estimate of drug-likeness (QED) is 0.415. The van der Waals surface area contributed by atoms with Crippen LogP contribution in [0.4, 0.5) is 5.69 Å². The highest BCUT2D eigenvalue weighted by Crippen LogP contribution is 2.30. The first kappa shape index (κ1) is 16.7. The lowest BCUT2D eigenvalue weighted by atomic mass is 9.97. The number of rotatable bonds is 5. The van der Waals surface area contributed by atoms with Crippen molar-refractivity contribution in [1.82, 2.24) is 0 Å². The van der Waals surface area contributed by atoms with Gasteiger partial charge in [-0.25, -0.2) is 13.6 Å². The van der Waals surface area contributed by atoms with E-state index < -0.39 is 15.9 Å². The van der Waals surface area contributed by atoms with Gasteiger partial charge in [-0.15, -0.1) is 0 Å². The van der Waals surface area contributed by atoms with E-state index >= 15 is 0 Å². The van der Waals surface area contributed by atoms with Crippen LogP contribution in [0.1, 0.15) is 11.1 Å². The molecule has 0 amide bonds. The number of amidine groups is 1. The zero-order valence-corrected chi connectivity index (χ0v) is 13.2. The van der Waals surface area contributed by atoms with E-state index in [2.05, 4.69) is 5.32 Å². The van der Waals surface area contributed by atoms with E-state index in [1.165, 1.54) is 18.3 Å². The lowest BCUT2D eigenvalue weighted by Crippen LogP contribution is -2.21. The number of nitrogens with two attached hydrogens (primary N) is 2. The molecule has 0 bridgehead atoms. The number of primary sulfonamides is 1. The zero-order chi connectivity index (χ0) is 17.2. The second kappa shape index (κ2) is 6.19. The van der Waals surface area contributed by atoms with Gasteiger partial charge in [0.05, 0.1) is 4.90 Å². The highest BCUT2D eigenvalue weighted by atomic mass is 32.2. The Bertz CT molecular complexity index is 891. The van der Waals surface area contributed by atoms with Crippen LogP contribution < -0.4 is 16.2 Å². The van der Waals surface area contributed by atoms with Gasteiger partial charge in [0.15, 0.2) is 0 Å². The topological polar surface area (TPSA) is 146 Å². The van der Waals surface area contributed by atoms with Crippen LogP contribution in [0.15, 0.2) is 41.3 Å². The number of benzene rings is 2. The molecule has 0 aliphatic carbocycles. The molecule has 0 aromatic heterocycles. The van der Waals surface area contributed by atoms with Gasteiger partial charge in [-0.2, -0.15) is 0 Å². The molecule has 2 rings (SSSR count). The van der Waals surface area contributed by atoms with Gasteiger partial charge in [0.2, 0.25) is 10.0 Å². The van der Waals surface area contributed by atoms with Gasteiger partial charge in [-0.05, 0) is 29.3 Å². The van der Waals surface area contributed by atoms with Crippen LogP contribution in [0, 0.1) is 10.8 Å². The van der Waals surface area contributed by atoms with Crippen LogP contribution in [0.25, 0.3) is 11.1 Å². The van der Waals surface area contributed by atoms with Crippen LogP contribution in [0.2, 0.25) is 0 Å². The van der Waals surface area contributed by atoms with E-state index in [0.717, 1.165) is 5.69 Å². The zero-order valence-electron chi connectivity index (χ0n) is 12.4. The molecule has 0 saturated heterocycles. The minimum Gasteiger partial charge on any atom is -0.388 e. The molecular weight excluding hydrogens is 314 g/mol. The second-order valence-electron chi connectivity index (χ2n) is 4.83. The maximum atomic E-state index is 11.7. The molecule has 0 saturated carbocycles. The summed E-state index contributed by atoms with van der Waals surface area (Å²) in [6.45, 7) is 0. The number of hydrogen-bond acceptors (Lipinski definition) is 5. The summed E-state index contributed by atoms with van der Waals surface area (Å²) < 4.78 is 23.5. The van der Waals surface area contributed by atoms with Gasteiger partial charge in [0.25, 0.3) is 0 Å². The van der Waals surface area contributed by atoms with Crippen molar-refractivity contribution >= 4 is 27.8 Å².